The molecular weight excluding hydrogens is 226 g/mol. The second kappa shape index (κ2) is 7.01. The van der Waals surface area contributed by atoms with Crippen molar-refractivity contribution >= 4 is 11.6 Å². The van der Waals surface area contributed by atoms with Crippen LogP contribution in [0.25, 0.3) is 0 Å². The van der Waals surface area contributed by atoms with Crippen LogP contribution in [0.2, 0.25) is 0 Å². The topological polar surface area (TPSA) is 58.4 Å². The molecule has 0 heterocycles. The fourth-order valence-corrected chi connectivity index (χ4v) is 1.67. The summed E-state index contributed by atoms with van der Waals surface area (Å²) in [7, 11) is 3.95. The molecule has 18 heavy (non-hydrogen) atoms. The second-order valence-corrected chi connectivity index (χ2v) is 4.83. The normalized spacial score (nSPS) is 12.0. The molecule has 0 aliphatic carbocycles. The fourth-order valence-electron chi connectivity index (χ4n) is 1.67. The van der Waals surface area contributed by atoms with E-state index in [1.807, 2.05) is 43.3 Å². The number of carbonyl (C=O) groups is 1. The summed E-state index contributed by atoms with van der Waals surface area (Å²) < 4.78 is 0. The zero-order chi connectivity index (χ0) is 13.5. The van der Waals surface area contributed by atoms with Gasteiger partial charge in [0.05, 0.1) is 0 Å². The number of hydrogen-bond acceptors (Lipinski definition) is 3. The smallest absolute Gasteiger partial charge is 0.251 e. The standard InChI is InChI=1S/C14H23N3O/c1-11(8-9-15)10-16-14(18)12-4-6-13(7-5-12)17(2)3/h4-7,11H,8-10,15H2,1-3H3,(H,16,18). The summed E-state index contributed by atoms with van der Waals surface area (Å²) in [6.07, 6.45) is 0.930. The third kappa shape index (κ3) is 4.37. The zero-order valence-electron chi connectivity index (χ0n) is 11.4. The Morgan fingerprint density at radius 3 is 2.44 bits per heavy atom. The molecular formula is C14H23N3O. The molecule has 4 heteroatoms. The van der Waals surface area contributed by atoms with Crippen molar-refractivity contribution in [3.05, 3.63) is 29.8 Å². The van der Waals surface area contributed by atoms with Crippen molar-refractivity contribution in [3.63, 3.8) is 0 Å². The van der Waals surface area contributed by atoms with Crippen LogP contribution in [-0.2, 0) is 0 Å². The summed E-state index contributed by atoms with van der Waals surface area (Å²) in [5, 5.41) is 2.92. The summed E-state index contributed by atoms with van der Waals surface area (Å²) in [5.41, 5.74) is 7.26. The fraction of sp³-hybridized carbons (Fsp3) is 0.500. The Hall–Kier alpha value is -1.55. The van der Waals surface area contributed by atoms with E-state index in [4.69, 9.17) is 5.73 Å². The molecule has 0 bridgehead atoms. The summed E-state index contributed by atoms with van der Waals surface area (Å²) >= 11 is 0. The number of nitrogens with zero attached hydrogens (tertiary/aromatic N) is 1. The number of rotatable bonds is 6. The number of hydrogen-bond donors (Lipinski definition) is 2. The lowest BCUT2D eigenvalue weighted by atomic mass is 10.1. The van der Waals surface area contributed by atoms with E-state index < -0.39 is 0 Å². The Labute approximate surface area is 109 Å². The zero-order valence-corrected chi connectivity index (χ0v) is 11.4. The summed E-state index contributed by atoms with van der Waals surface area (Å²) in [6, 6.07) is 7.58. The summed E-state index contributed by atoms with van der Waals surface area (Å²) in [5.74, 6) is 0.393. The van der Waals surface area contributed by atoms with Crippen molar-refractivity contribution in [3.8, 4) is 0 Å². The Morgan fingerprint density at radius 2 is 1.94 bits per heavy atom. The van der Waals surface area contributed by atoms with Gasteiger partial charge in [0.1, 0.15) is 0 Å². The maximum absolute atomic E-state index is 11.9. The molecule has 1 unspecified atom stereocenters. The molecule has 4 nitrogen and oxygen atoms in total. The van der Waals surface area contributed by atoms with Gasteiger partial charge in [-0.3, -0.25) is 4.79 Å². The van der Waals surface area contributed by atoms with E-state index >= 15 is 0 Å². The first kappa shape index (κ1) is 14.5. The molecule has 3 N–H and O–H groups in total. The average Bonchev–Trinajstić information content (AvgIpc) is 2.36. The number of nitrogens with one attached hydrogen (secondary N) is 1. The van der Waals surface area contributed by atoms with Gasteiger partial charge in [0.25, 0.3) is 5.91 Å². The summed E-state index contributed by atoms with van der Waals surface area (Å²) in [4.78, 5) is 13.9. The predicted octanol–water partition coefficient (Wildman–Crippen LogP) is 1.47. The van der Waals surface area contributed by atoms with Gasteiger partial charge in [-0.25, -0.2) is 0 Å². The molecule has 1 rings (SSSR count). The lowest BCUT2D eigenvalue weighted by molar-refractivity contribution is 0.0947. The Kier molecular flexibility index (Phi) is 5.65. The van der Waals surface area contributed by atoms with Crippen LogP contribution in [0.1, 0.15) is 23.7 Å². The van der Waals surface area contributed by atoms with Gasteiger partial charge < -0.3 is 16.0 Å². The van der Waals surface area contributed by atoms with Gasteiger partial charge in [-0.2, -0.15) is 0 Å². The molecule has 1 aromatic rings. The van der Waals surface area contributed by atoms with Gasteiger partial charge in [-0.1, -0.05) is 6.92 Å². The third-order valence-electron chi connectivity index (χ3n) is 2.92. The van der Waals surface area contributed by atoms with Gasteiger partial charge in [-0.05, 0) is 43.1 Å². The first-order chi connectivity index (χ1) is 8.54. The van der Waals surface area contributed by atoms with Crippen molar-refractivity contribution in [1.82, 2.24) is 5.32 Å². The van der Waals surface area contributed by atoms with Gasteiger partial charge in [-0.15, -0.1) is 0 Å². The van der Waals surface area contributed by atoms with Crippen molar-refractivity contribution in [1.29, 1.82) is 0 Å². The van der Waals surface area contributed by atoms with E-state index in [1.54, 1.807) is 0 Å². The van der Waals surface area contributed by atoms with Crippen molar-refractivity contribution in [2.75, 3.05) is 32.1 Å². The second-order valence-electron chi connectivity index (χ2n) is 4.83. The van der Waals surface area contributed by atoms with Gasteiger partial charge in [0, 0.05) is 31.9 Å². The Bertz CT molecular complexity index is 373. The minimum atomic E-state index is -0.0239. The molecule has 0 saturated heterocycles. The van der Waals surface area contributed by atoms with Crippen LogP contribution in [0.5, 0.6) is 0 Å². The van der Waals surface area contributed by atoms with Crippen molar-refractivity contribution in [2.24, 2.45) is 11.7 Å². The van der Waals surface area contributed by atoms with Crippen molar-refractivity contribution < 1.29 is 4.79 Å². The van der Waals surface area contributed by atoms with Crippen LogP contribution in [0.15, 0.2) is 24.3 Å². The highest BCUT2D eigenvalue weighted by molar-refractivity contribution is 5.94. The first-order valence-electron chi connectivity index (χ1n) is 6.30. The SMILES string of the molecule is CC(CCN)CNC(=O)c1ccc(N(C)C)cc1. The van der Waals surface area contributed by atoms with E-state index in [0.29, 0.717) is 24.6 Å². The van der Waals surface area contributed by atoms with Crippen molar-refractivity contribution in [2.45, 2.75) is 13.3 Å². The van der Waals surface area contributed by atoms with Crippen LogP contribution in [-0.4, -0.2) is 33.1 Å². The maximum atomic E-state index is 11.9. The molecule has 1 atom stereocenters. The molecule has 0 radical (unpaired) electrons. The average molecular weight is 249 g/mol. The van der Waals surface area contributed by atoms with Gasteiger partial charge in [0.2, 0.25) is 0 Å². The lowest BCUT2D eigenvalue weighted by Crippen LogP contribution is -2.29. The van der Waals surface area contributed by atoms with Crippen LogP contribution in [0.3, 0.4) is 0 Å². The van der Waals surface area contributed by atoms with Crippen LogP contribution < -0.4 is 16.0 Å². The van der Waals surface area contributed by atoms with Gasteiger partial charge in [0.15, 0.2) is 0 Å². The highest BCUT2D eigenvalue weighted by atomic mass is 16.1. The quantitative estimate of drug-likeness (QED) is 0.802. The number of carbonyl (C=O) groups excluding carboxylic acids is 1. The molecule has 0 aliphatic heterocycles. The third-order valence-corrected chi connectivity index (χ3v) is 2.92. The van der Waals surface area contributed by atoms with Crippen LogP contribution in [0.4, 0.5) is 5.69 Å². The predicted molar refractivity (Wildman–Crippen MR) is 75.9 cm³/mol. The number of benzene rings is 1. The number of amides is 1. The molecule has 0 saturated carbocycles. The number of nitrogens with two attached hydrogens (primary N) is 1. The van der Waals surface area contributed by atoms with E-state index in [9.17, 15) is 4.79 Å². The monoisotopic (exact) mass is 249 g/mol. The molecule has 0 aliphatic rings. The molecule has 1 aromatic carbocycles. The molecule has 0 fully saturated rings. The number of anilines is 1. The Morgan fingerprint density at radius 1 is 1.33 bits per heavy atom. The highest BCUT2D eigenvalue weighted by Crippen LogP contribution is 2.12. The molecule has 0 aromatic heterocycles. The van der Waals surface area contributed by atoms with E-state index in [0.717, 1.165) is 12.1 Å². The minimum Gasteiger partial charge on any atom is -0.378 e. The molecule has 100 valence electrons. The minimum absolute atomic E-state index is 0.0239. The summed E-state index contributed by atoms with van der Waals surface area (Å²) in [6.45, 7) is 3.42. The van der Waals surface area contributed by atoms with E-state index in [2.05, 4.69) is 12.2 Å². The van der Waals surface area contributed by atoms with E-state index in [1.165, 1.54) is 0 Å². The maximum Gasteiger partial charge on any atom is 0.251 e. The molecule has 1 amide bonds. The molecule has 0 spiro atoms. The highest BCUT2D eigenvalue weighted by Gasteiger charge is 2.07. The van der Waals surface area contributed by atoms with Crippen LogP contribution >= 0.6 is 0 Å². The van der Waals surface area contributed by atoms with Gasteiger partial charge >= 0.3 is 0 Å². The first-order valence-corrected chi connectivity index (χ1v) is 6.30. The Balaban J connectivity index is 2.51. The lowest BCUT2D eigenvalue weighted by Gasteiger charge is -2.14. The van der Waals surface area contributed by atoms with Crippen LogP contribution in [0, 0.1) is 5.92 Å². The largest absolute Gasteiger partial charge is 0.378 e. The van der Waals surface area contributed by atoms with E-state index in [-0.39, 0.29) is 5.91 Å².